The lowest BCUT2D eigenvalue weighted by Crippen LogP contribution is -2.37. The highest BCUT2D eigenvalue weighted by Gasteiger charge is 2.11. The molecule has 0 aliphatic heterocycles. The maximum atomic E-state index is 5.42. The van der Waals surface area contributed by atoms with Crippen LogP contribution in [0.2, 0.25) is 0 Å². The fourth-order valence-corrected chi connectivity index (χ4v) is 2.50. The molecule has 0 fully saturated rings. The summed E-state index contributed by atoms with van der Waals surface area (Å²) >= 11 is 5.42. The van der Waals surface area contributed by atoms with Gasteiger partial charge in [-0.15, -0.1) is 0 Å². The summed E-state index contributed by atoms with van der Waals surface area (Å²) in [7, 11) is 0. The third kappa shape index (κ3) is 5.20. The number of hydrogen-bond acceptors (Lipinski definition) is 1. The average molecular weight is 298 g/mol. The van der Waals surface area contributed by atoms with Crippen molar-refractivity contribution < 1.29 is 0 Å². The van der Waals surface area contributed by atoms with E-state index in [1.54, 1.807) is 0 Å². The molecule has 0 amide bonds. The van der Waals surface area contributed by atoms with Crippen molar-refractivity contribution in [3.05, 3.63) is 71.8 Å². The molecule has 21 heavy (non-hydrogen) atoms. The zero-order valence-electron chi connectivity index (χ0n) is 12.4. The van der Waals surface area contributed by atoms with Gasteiger partial charge < -0.3 is 10.6 Å². The summed E-state index contributed by atoms with van der Waals surface area (Å²) < 4.78 is 0. The quantitative estimate of drug-likeness (QED) is 0.782. The highest BCUT2D eigenvalue weighted by atomic mass is 32.1. The number of hydrogen-bond donors (Lipinski definition) is 2. The minimum Gasteiger partial charge on any atom is -0.359 e. The van der Waals surface area contributed by atoms with E-state index >= 15 is 0 Å². The normalized spacial score (nSPS) is 11.7. The average Bonchev–Trinajstić information content (AvgIpc) is 2.54. The second-order valence-corrected chi connectivity index (χ2v) is 5.47. The Kier molecular flexibility index (Phi) is 6.22. The lowest BCUT2D eigenvalue weighted by Gasteiger charge is -2.21. The Labute approximate surface area is 132 Å². The standard InChI is InChI=1S/C18H22N2S/c1-2-9-17(16-12-7-4-8-13-16)20-18(21)19-14-15-10-5-3-6-11-15/h3-8,10-13,17H,2,9,14H2,1H3,(H2,19,20,21)/t17-/m1/s1. The second kappa shape index (κ2) is 8.42. The molecule has 0 unspecified atom stereocenters. The van der Waals surface area contributed by atoms with E-state index in [1.807, 2.05) is 24.3 Å². The van der Waals surface area contributed by atoms with Gasteiger partial charge in [-0.05, 0) is 29.8 Å². The summed E-state index contributed by atoms with van der Waals surface area (Å²) in [5.74, 6) is 0. The first-order valence-corrected chi connectivity index (χ1v) is 7.83. The highest BCUT2D eigenvalue weighted by molar-refractivity contribution is 7.80. The predicted molar refractivity (Wildman–Crippen MR) is 93.1 cm³/mol. The Bertz CT molecular complexity index is 540. The van der Waals surface area contributed by atoms with Gasteiger partial charge in [0.1, 0.15) is 0 Å². The van der Waals surface area contributed by atoms with E-state index in [0.29, 0.717) is 5.11 Å². The third-order valence-electron chi connectivity index (χ3n) is 3.38. The van der Waals surface area contributed by atoms with Crippen LogP contribution in [0.15, 0.2) is 60.7 Å². The summed E-state index contributed by atoms with van der Waals surface area (Å²) in [4.78, 5) is 0. The third-order valence-corrected chi connectivity index (χ3v) is 3.64. The molecular formula is C18H22N2S. The molecule has 1 atom stereocenters. The van der Waals surface area contributed by atoms with Gasteiger partial charge >= 0.3 is 0 Å². The Balaban J connectivity index is 1.89. The highest BCUT2D eigenvalue weighted by Crippen LogP contribution is 2.17. The maximum Gasteiger partial charge on any atom is 0.167 e. The molecule has 0 radical (unpaired) electrons. The van der Waals surface area contributed by atoms with Crippen LogP contribution >= 0.6 is 12.2 Å². The number of nitrogens with one attached hydrogen (secondary N) is 2. The fraction of sp³-hybridized carbons (Fsp3) is 0.278. The van der Waals surface area contributed by atoms with Crippen molar-refractivity contribution in [2.24, 2.45) is 0 Å². The molecule has 0 aromatic heterocycles. The lowest BCUT2D eigenvalue weighted by atomic mass is 10.0. The summed E-state index contributed by atoms with van der Waals surface area (Å²) in [5.41, 5.74) is 2.51. The van der Waals surface area contributed by atoms with Crippen LogP contribution in [0.3, 0.4) is 0 Å². The van der Waals surface area contributed by atoms with Crippen LogP contribution in [0, 0.1) is 0 Å². The SMILES string of the molecule is CCC[C@@H](NC(=S)NCc1ccccc1)c1ccccc1. The van der Waals surface area contributed by atoms with Crippen LogP contribution in [0.5, 0.6) is 0 Å². The van der Waals surface area contributed by atoms with Gasteiger partial charge in [-0.1, -0.05) is 74.0 Å². The van der Waals surface area contributed by atoms with E-state index < -0.39 is 0 Å². The van der Waals surface area contributed by atoms with Crippen molar-refractivity contribution in [2.75, 3.05) is 0 Å². The van der Waals surface area contributed by atoms with E-state index in [9.17, 15) is 0 Å². The Hall–Kier alpha value is -1.87. The first-order chi connectivity index (χ1) is 10.3. The van der Waals surface area contributed by atoms with Crippen molar-refractivity contribution in [2.45, 2.75) is 32.4 Å². The molecule has 110 valence electrons. The van der Waals surface area contributed by atoms with Gasteiger partial charge in [0.15, 0.2) is 5.11 Å². The van der Waals surface area contributed by atoms with Gasteiger partial charge in [-0.25, -0.2) is 0 Å². The molecule has 2 nitrogen and oxygen atoms in total. The van der Waals surface area contributed by atoms with Gasteiger partial charge in [0.25, 0.3) is 0 Å². The fourth-order valence-electron chi connectivity index (χ4n) is 2.28. The minimum atomic E-state index is 0.270. The van der Waals surface area contributed by atoms with Crippen LogP contribution < -0.4 is 10.6 Å². The Morgan fingerprint density at radius 2 is 1.62 bits per heavy atom. The molecule has 0 saturated heterocycles. The monoisotopic (exact) mass is 298 g/mol. The molecule has 3 heteroatoms. The summed E-state index contributed by atoms with van der Waals surface area (Å²) in [6.45, 7) is 2.94. The smallest absolute Gasteiger partial charge is 0.167 e. The molecule has 2 aromatic rings. The topological polar surface area (TPSA) is 24.1 Å². The molecule has 0 bridgehead atoms. The van der Waals surface area contributed by atoms with E-state index in [-0.39, 0.29) is 6.04 Å². The first kappa shape index (κ1) is 15.5. The van der Waals surface area contributed by atoms with Crippen molar-refractivity contribution >= 4 is 17.3 Å². The van der Waals surface area contributed by atoms with E-state index in [1.165, 1.54) is 11.1 Å². The van der Waals surface area contributed by atoms with Crippen LogP contribution in [0.1, 0.15) is 36.9 Å². The van der Waals surface area contributed by atoms with E-state index in [0.717, 1.165) is 19.4 Å². The molecule has 2 aromatic carbocycles. The molecule has 0 aliphatic rings. The van der Waals surface area contributed by atoms with Gasteiger partial charge in [-0.3, -0.25) is 0 Å². The first-order valence-electron chi connectivity index (χ1n) is 7.43. The van der Waals surface area contributed by atoms with Crippen LogP contribution in [-0.2, 0) is 6.54 Å². The van der Waals surface area contributed by atoms with Crippen molar-refractivity contribution in [1.82, 2.24) is 10.6 Å². The van der Waals surface area contributed by atoms with Crippen molar-refractivity contribution in [1.29, 1.82) is 0 Å². The van der Waals surface area contributed by atoms with Crippen molar-refractivity contribution in [3.8, 4) is 0 Å². The summed E-state index contributed by atoms with van der Waals surface area (Å²) in [6, 6.07) is 21.0. The lowest BCUT2D eigenvalue weighted by molar-refractivity contribution is 0.575. The molecule has 2 N–H and O–H groups in total. The summed E-state index contributed by atoms with van der Waals surface area (Å²) in [6.07, 6.45) is 2.19. The molecular weight excluding hydrogens is 276 g/mol. The Morgan fingerprint density at radius 3 is 2.24 bits per heavy atom. The van der Waals surface area contributed by atoms with E-state index in [4.69, 9.17) is 12.2 Å². The maximum absolute atomic E-state index is 5.42. The zero-order chi connectivity index (χ0) is 14.9. The van der Waals surface area contributed by atoms with Gasteiger partial charge in [0.2, 0.25) is 0 Å². The molecule has 0 saturated carbocycles. The molecule has 0 heterocycles. The minimum absolute atomic E-state index is 0.270. The number of rotatable bonds is 6. The van der Waals surface area contributed by atoms with Crippen molar-refractivity contribution in [3.63, 3.8) is 0 Å². The number of benzene rings is 2. The largest absolute Gasteiger partial charge is 0.359 e. The Morgan fingerprint density at radius 1 is 1.00 bits per heavy atom. The second-order valence-electron chi connectivity index (χ2n) is 5.06. The summed E-state index contributed by atoms with van der Waals surface area (Å²) in [5, 5.41) is 7.41. The zero-order valence-corrected chi connectivity index (χ0v) is 13.2. The van der Waals surface area contributed by atoms with E-state index in [2.05, 4.69) is 54.0 Å². The molecule has 0 aliphatic carbocycles. The molecule has 2 rings (SSSR count). The van der Waals surface area contributed by atoms with Gasteiger partial charge in [0.05, 0.1) is 6.04 Å². The van der Waals surface area contributed by atoms with Crippen LogP contribution in [0.25, 0.3) is 0 Å². The number of thiocarbonyl (C=S) groups is 1. The predicted octanol–water partition coefficient (Wildman–Crippen LogP) is 4.19. The molecule has 0 spiro atoms. The van der Waals surface area contributed by atoms with Crippen LogP contribution in [0.4, 0.5) is 0 Å². The van der Waals surface area contributed by atoms with Gasteiger partial charge in [0, 0.05) is 6.54 Å². The van der Waals surface area contributed by atoms with Crippen LogP contribution in [-0.4, -0.2) is 5.11 Å². The van der Waals surface area contributed by atoms with Gasteiger partial charge in [-0.2, -0.15) is 0 Å².